The van der Waals surface area contributed by atoms with Crippen LogP contribution in [0.3, 0.4) is 0 Å². The molecule has 0 bridgehead atoms. The number of halogens is 1. The first-order valence-electron chi connectivity index (χ1n) is 5.59. The van der Waals surface area contributed by atoms with Gasteiger partial charge in [0.1, 0.15) is 0 Å². The monoisotopic (exact) mass is 323 g/mol. The zero-order valence-corrected chi connectivity index (χ0v) is 12.9. The maximum atomic E-state index is 12.3. The molecule has 2 nitrogen and oxygen atoms in total. The van der Waals surface area contributed by atoms with Crippen molar-refractivity contribution >= 4 is 38.9 Å². The minimum Gasteiger partial charge on any atom is -0.311 e. The van der Waals surface area contributed by atoms with E-state index in [9.17, 15) is 4.79 Å². The van der Waals surface area contributed by atoms with Crippen LogP contribution in [-0.2, 0) is 0 Å². The minimum atomic E-state index is 0.0456. The van der Waals surface area contributed by atoms with Crippen molar-refractivity contribution in [1.82, 2.24) is 0 Å². The molecule has 0 saturated heterocycles. The number of carbonyl (C=O) groups is 1. The van der Waals surface area contributed by atoms with Gasteiger partial charge in [-0.05, 0) is 54.6 Å². The molecule has 1 heterocycles. The third kappa shape index (κ3) is 2.49. The second-order valence-electron chi connectivity index (χ2n) is 4.23. The summed E-state index contributed by atoms with van der Waals surface area (Å²) >= 11 is 4.95. The zero-order chi connectivity index (χ0) is 13.3. The number of rotatable bonds is 2. The molecule has 1 aromatic heterocycles. The van der Waals surface area contributed by atoms with Crippen molar-refractivity contribution in [2.24, 2.45) is 0 Å². The SMILES string of the molecule is Cc1cc(N(C)C(=O)c2sccc2C)ccc1Br. The van der Waals surface area contributed by atoms with Crippen LogP contribution in [0.5, 0.6) is 0 Å². The first kappa shape index (κ1) is 13.3. The summed E-state index contributed by atoms with van der Waals surface area (Å²) in [5.41, 5.74) is 3.06. The van der Waals surface area contributed by atoms with Crippen LogP contribution in [0.25, 0.3) is 0 Å². The highest BCUT2D eigenvalue weighted by molar-refractivity contribution is 9.10. The number of hydrogen-bond donors (Lipinski definition) is 0. The quantitative estimate of drug-likeness (QED) is 0.801. The van der Waals surface area contributed by atoms with E-state index in [1.807, 2.05) is 50.5 Å². The molecule has 0 unspecified atom stereocenters. The summed E-state index contributed by atoms with van der Waals surface area (Å²) in [5.74, 6) is 0.0456. The molecule has 1 aromatic carbocycles. The Balaban J connectivity index is 2.31. The molecule has 2 rings (SSSR count). The van der Waals surface area contributed by atoms with Crippen LogP contribution in [0, 0.1) is 13.8 Å². The van der Waals surface area contributed by atoms with Crippen molar-refractivity contribution in [2.75, 3.05) is 11.9 Å². The lowest BCUT2D eigenvalue weighted by Crippen LogP contribution is -2.25. The number of thiophene rings is 1. The van der Waals surface area contributed by atoms with Gasteiger partial charge in [-0.3, -0.25) is 4.79 Å². The van der Waals surface area contributed by atoms with Crippen LogP contribution in [0.1, 0.15) is 20.8 Å². The number of benzene rings is 1. The van der Waals surface area contributed by atoms with Crippen LogP contribution >= 0.6 is 27.3 Å². The Morgan fingerprint density at radius 3 is 2.50 bits per heavy atom. The van der Waals surface area contributed by atoms with Gasteiger partial charge in [-0.1, -0.05) is 15.9 Å². The molecule has 0 spiro atoms. The second kappa shape index (κ2) is 5.24. The Morgan fingerprint density at radius 1 is 1.22 bits per heavy atom. The van der Waals surface area contributed by atoms with Crippen molar-refractivity contribution in [2.45, 2.75) is 13.8 Å². The molecule has 2 aromatic rings. The Labute approximate surface area is 119 Å². The second-order valence-corrected chi connectivity index (χ2v) is 6.00. The lowest BCUT2D eigenvalue weighted by Gasteiger charge is -2.18. The van der Waals surface area contributed by atoms with E-state index in [2.05, 4.69) is 15.9 Å². The Bertz CT molecular complexity index is 591. The van der Waals surface area contributed by atoms with Crippen molar-refractivity contribution in [3.63, 3.8) is 0 Å². The third-order valence-electron chi connectivity index (χ3n) is 2.89. The molecule has 0 fully saturated rings. The topological polar surface area (TPSA) is 20.3 Å². The smallest absolute Gasteiger partial charge is 0.268 e. The van der Waals surface area contributed by atoms with E-state index >= 15 is 0 Å². The minimum absolute atomic E-state index is 0.0456. The summed E-state index contributed by atoms with van der Waals surface area (Å²) in [6.07, 6.45) is 0. The van der Waals surface area contributed by atoms with Crippen LogP contribution in [0.15, 0.2) is 34.1 Å². The summed E-state index contributed by atoms with van der Waals surface area (Å²) < 4.78 is 1.06. The van der Waals surface area contributed by atoms with Gasteiger partial charge in [-0.2, -0.15) is 0 Å². The molecule has 0 saturated carbocycles. The van der Waals surface area contributed by atoms with E-state index in [4.69, 9.17) is 0 Å². The fourth-order valence-electron chi connectivity index (χ4n) is 1.70. The molecule has 1 amide bonds. The van der Waals surface area contributed by atoms with Gasteiger partial charge in [0.2, 0.25) is 0 Å². The Hall–Kier alpha value is -1.13. The summed E-state index contributed by atoms with van der Waals surface area (Å²) in [4.78, 5) is 14.8. The first-order chi connectivity index (χ1) is 8.50. The molecule has 18 heavy (non-hydrogen) atoms. The fourth-order valence-corrected chi connectivity index (χ4v) is 2.85. The molecule has 4 heteroatoms. The van der Waals surface area contributed by atoms with Crippen molar-refractivity contribution < 1.29 is 4.79 Å². The highest BCUT2D eigenvalue weighted by atomic mass is 79.9. The molecule has 0 aliphatic rings. The molecule has 94 valence electrons. The summed E-state index contributed by atoms with van der Waals surface area (Å²) in [5, 5.41) is 1.95. The molecular formula is C14H14BrNOS. The Kier molecular flexibility index (Phi) is 3.88. The zero-order valence-electron chi connectivity index (χ0n) is 10.5. The van der Waals surface area contributed by atoms with Crippen molar-refractivity contribution in [3.05, 3.63) is 50.1 Å². The fraction of sp³-hybridized carbons (Fsp3) is 0.214. The Morgan fingerprint density at radius 2 is 1.94 bits per heavy atom. The molecule has 0 radical (unpaired) electrons. The van der Waals surface area contributed by atoms with Gasteiger partial charge in [0.15, 0.2) is 0 Å². The lowest BCUT2D eigenvalue weighted by molar-refractivity contribution is 0.0996. The lowest BCUT2D eigenvalue weighted by atomic mass is 10.2. The maximum absolute atomic E-state index is 12.3. The number of aryl methyl sites for hydroxylation is 2. The van der Waals surface area contributed by atoms with E-state index < -0.39 is 0 Å². The number of nitrogens with zero attached hydrogens (tertiary/aromatic N) is 1. The van der Waals surface area contributed by atoms with E-state index in [0.717, 1.165) is 26.2 Å². The van der Waals surface area contributed by atoms with Crippen molar-refractivity contribution in [1.29, 1.82) is 0 Å². The summed E-state index contributed by atoms with van der Waals surface area (Å²) in [6.45, 7) is 3.98. The standard InChI is InChI=1S/C14H14BrNOS/c1-9-6-7-18-13(9)14(17)16(3)11-4-5-12(15)10(2)8-11/h4-8H,1-3H3. The third-order valence-corrected chi connectivity index (χ3v) is 4.78. The largest absolute Gasteiger partial charge is 0.311 e. The molecule has 0 aliphatic carbocycles. The first-order valence-corrected chi connectivity index (χ1v) is 7.26. The number of anilines is 1. The average Bonchev–Trinajstić information content (AvgIpc) is 2.77. The maximum Gasteiger partial charge on any atom is 0.268 e. The number of hydrogen-bond acceptors (Lipinski definition) is 2. The molecular weight excluding hydrogens is 310 g/mol. The highest BCUT2D eigenvalue weighted by Gasteiger charge is 2.17. The van der Waals surface area contributed by atoms with Crippen molar-refractivity contribution in [3.8, 4) is 0 Å². The van der Waals surface area contributed by atoms with E-state index in [1.165, 1.54) is 11.3 Å². The van der Waals surface area contributed by atoms with Gasteiger partial charge in [-0.15, -0.1) is 11.3 Å². The van der Waals surface area contributed by atoms with Gasteiger partial charge in [0.25, 0.3) is 5.91 Å². The van der Waals surface area contributed by atoms with Crippen LogP contribution in [0.2, 0.25) is 0 Å². The van der Waals surface area contributed by atoms with Gasteiger partial charge in [-0.25, -0.2) is 0 Å². The highest BCUT2D eigenvalue weighted by Crippen LogP contribution is 2.25. The van der Waals surface area contributed by atoms with E-state index in [0.29, 0.717) is 0 Å². The molecule has 0 atom stereocenters. The van der Waals surface area contributed by atoms with Gasteiger partial charge >= 0.3 is 0 Å². The predicted octanol–water partition coefficient (Wildman–Crippen LogP) is 4.40. The van der Waals surface area contributed by atoms with E-state index in [-0.39, 0.29) is 5.91 Å². The normalized spacial score (nSPS) is 10.4. The predicted molar refractivity (Wildman–Crippen MR) is 80.7 cm³/mol. The van der Waals surface area contributed by atoms with E-state index in [1.54, 1.807) is 4.90 Å². The van der Waals surface area contributed by atoms with Crippen LogP contribution < -0.4 is 4.90 Å². The number of carbonyl (C=O) groups excluding carboxylic acids is 1. The summed E-state index contributed by atoms with van der Waals surface area (Å²) in [7, 11) is 1.81. The van der Waals surface area contributed by atoms with Gasteiger partial charge < -0.3 is 4.90 Å². The van der Waals surface area contributed by atoms with Crippen LogP contribution in [0.4, 0.5) is 5.69 Å². The summed E-state index contributed by atoms with van der Waals surface area (Å²) in [6, 6.07) is 7.89. The molecule has 0 N–H and O–H groups in total. The van der Waals surface area contributed by atoms with Crippen LogP contribution in [-0.4, -0.2) is 13.0 Å². The van der Waals surface area contributed by atoms with Gasteiger partial charge in [0.05, 0.1) is 4.88 Å². The molecule has 0 aliphatic heterocycles. The average molecular weight is 324 g/mol. The number of amides is 1. The van der Waals surface area contributed by atoms with Gasteiger partial charge in [0, 0.05) is 17.2 Å².